The van der Waals surface area contributed by atoms with Crippen molar-refractivity contribution in [3.05, 3.63) is 80.9 Å². The number of rotatable bonds is 4. The molecule has 0 unspecified atom stereocenters. The zero-order valence-corrected chi connectivity index (χ0v) is 16.5. The standard InChI is InChI=1S/C21H21ClFN3O/c1-12-8-9-16(13(2)10-12)21(27)24-20-14(3)25-26(15(20)4)11-17-18(22)6-5-7-19(17)23/h5-10H,11H2,1-4H3,(H,24,27). The van der Waals surface area contributed by atoms with Gasteiger partial charge in [0.1, 0.15) is 5.82 Å². The second-order valence-corrected chi connectivity index (χ2v) is 7.08. The molecular formula is C21H21ClFN3O. The van der Waals surface area contributed by atoms with Gasteiger partial charge >= 0.3 is 0 Å². The highest BCUT2D eigenvalue weighted by atomic mass is 35.5. The first-order chi connectivity index (χ1) is 12.8. The predicted molar refractivity (Wildman–Crippen MR) is 106 cm³/mol. The molecule has 0 aliphatic heterocycles. The predicted octanol–water partition coefficient (Wildman–Crippen LogP) is 5.21. The Hall–Kier alpha value is -2.66. The summed E-state index contributed by atoms with van der Waals surface area (Å²) >= 11 is 6.12. The molecular weight excluding hydrogens is 365 g/mol. The third-order valence-electron chi connectivity index (χ3n) is 4.62. The molecule has 6 heteroatoms. The number of halogens is 2. The van der Waals surface area contributed by atoms with E-state index in [0.29, 0.717) is 27.5 Å². The Balaban J connectivity index is 1.89. The lowest BCUT2D eigenvalue weighted by Gasteiger charge is -2.10. The molecule has 140 valence electrons. The minimum absolute atomic E-state index is 0.192. The number of hydrogen-bond donors (Lipinski definition) is 1. The van der Waals surface area contributed by atoms with Gasteiger partial charge in [-0.05, 0) is 51.5 Å². The van der Waals surface area contributed by atoms with Gasteiger partial charge in [-0.2, -0.15) is 5.10 Å². The molecule has 0 saturated heterocycles. The van der Waals surface area contributed by atoms with Crippen LogP contribution in [0.1, 0.15) is 38.4 Å². The van der Waals surface area contributed by atoms with Gasteiger partial charge in [0.25, 0.3) is 5.91 Å². The molecule has 0 spiro atoms. The van der Waals surface area contributed by atoms with Gasteiger partial charge in [0.05, 0.1) is 23.6 Å². The fraction of sp³-hybridized carbons (Fsp3) is 0.238. The number of nitrogens with one attached hydrogen (secondary N) is 1. The highest BCUT2D eigenvalue weighted by Gasteiger charge is 2.18. The molecule has 0 saturated carbocycles. The second-order valence-electron chi connectivity index (χ2n) is 6.68. The van der Waals surface area contributed by atoms with E-state index in [0.717, 1.165) is 16.8 Å². The third kappa shape index (κ3) is 3.88. The number of anilines is 1. The first-order valence-corrected chi connectivity index (χ1v) is 9.01. The molecule has 0 atom stereocenters. The Morgan fingerprint density at radius 3 is 2.59 bits per heavy atom. The summed E-state index contributed by atoms with van der Waals surface area (Å²) in [5, 5.41) is 7.74. The number of aryl methyl sites for hydroxylation is 3. The van der Waals surface area contributed by atoms with E-state index in [2.05, 4.69) is 10.4 Å². The van der Waals surface area contributed by atoms with Crippen LogP contribution in [0.4, 0.5) is 10.1 Å². The first-order valence-electron chi connectivity index (χ1n) is 8.63. The maximum Gasteiger partial charge on any atom is 0.256 e. The van der Waals surface area contributed by atoms with E-state index < -0.39 is 0 Å². The van der Waals surface area contributed by atoms with Crippen LogP contribution in [-0.4, -0.2) is 15.7 Å². The van der Waals surface area contributed by atoms with Crippen LogP contribution >= 0.6 is 11.6 Å². The van der Waals surface area contributed by atoms with Crippen molar-refractivity contribution in [3.63, 3.8) is 0 Å². The molecule has 0 fully saturated rings. The van der Waals surface area contributed by atoms with Crippen molar-refractivity contribution >= 4 is 23.2 Å². The number of benzene rings is 2. The molecule has 1 aromatic heterocycles. The van der Waals surface area contributed by atoms with E-state index in [9.17, 15) is 9.18 Å². The van der Waals surface area contributed by atoms with Crippen molar-refractivity contribution in [2.24, 2.45) is 0 Å². The van der Waals surface area contributed by atoms with Crippen LogP contribution in [0.15, 0.2) is 36.4 Å². The quantitative estimate of drug-likeness (QED) is 0.670. The van der Waals surface area contributed by atoms with Gasteiger partial charge in [0.2, 0.25) is 0 Å². The van der Waals surface area contributed by atoms with Crippen LogP contribution in [0.25, 0.3) is 0 Å². The van der Waals surface area contributed by atoms with Crippen LogP contribution in [0, 0.1) is 33.5 Å². The lowest BCUT2D eigenvalue weighted by molar-refractivity contribution is 0.102. The lowest BCUT2D eigenvalue weighted by atomic mass is 10.1. The third-order valence-corrected chi connectivity index (χ3v) is 4.97. The van der Waals surface area contributed by atoms with Crippen molar-refractivity contribution in [1.29, 1.82) is 0 Å². The maximum absolute atomic E-state index is 14.1. The van der Waals surface area contributed by atoms with E-state index >= 15 is 0 Å². The van der Waals surface area contributed by atoms with Gasteiger partial charge in [-0.15, -0.1) is 0 Å². The molecule has 0 aliphatic rings. The number of aromatic nitrogens is 2. The molecule has 1 N–H and O–H groups in total. The van der Waals surface area contributed by atoms with E-state index in [1.165, 1.54) is 6.07 Å². The lowest BCUT2D eigenvalue weighted by Crippen LogP contribution is -2.15. The molecule has 3 aromatic rings. The number of nitrogens with zero attached hydrogens (tertiary/aromatic N) is 2. The zero-order valence-electron chi connectivity index (χ0n) is 15.7. The summed E-state index contributed by atoms with van der Waals surface area (Å²) in [6.45, 7) is 7.74. The molecule has 0 radical (unpaired) electrons. The van der Waals surface area contributed by atoms with Crippen LogP contribution in [0.5, 0.6) is 0 Å². The van der Waals surface area contributed by atoms with E-state index in [1.54, 1.807) is 16.8 Å². The van der Waals surface area contributed by atoms with Crippen molar-refractivity contribution in [3.8, 4) is 0 Å². The molecule has 4 nitrogen and oxygen atoms in total. The second kappa shape index (κ2) is 7.53. The SMILES string of the molecule is Cc1ccc(C(=O)Nc2c(C)nn(Cc3c(F)cccc3Cl)c2C)c(C)c1. The highest BCUT2D eigenvalue weighted by Crippen LogP contribution is 2.25. The summed E-state index contributed by atoms with van der Waals surface area (Å²) in [5.74, 6) is -0.571. The van der Waals surface area contributed by atoms with Crippen molar-refractivity contribution < 1.29 is 9.18 Å². The van der Waals surface area contributed by atoms with Gasteiger partial charge in [-0.1, -0.05) is 35.4 Å². The Morgan fingerprint density at radius 1 is 1.19 bits per heavy atom. The molecule has 1 heterocycles. The van der Waals surface area contributed by atoms with Crippen molar-refractivity contribution in [2.75, 3.05) is 5.32 Å². The van der Waals surface area contributed by atoms with Crippen molar-refractivity contribution in [2.45, 2.75) is 34.2 Å². The molecule has 27 heavy (non-hydrogen) atoms. The van der Waals surface area contributed by atoms with Crippen LogP contribution in [0.2, 0.25) is 5.02 Å². The minimum atomic E-state index is -0.379. The zero-order chi connectivity index (χ0) is 19.7. The number of amides is 1. The molecule has 3 rings (SSSR count). The first kappa shape index (κ1) is 19.1. The number of carbonyl (C=O) groups is 1. The largest absolute Gasteiger partial charge is 0.319 e. The summed E-state index contributed by atoms with van der Waals surface area (Å²) in [6, 6.07) is 10.3. The smallest absolute Gasteiger partial charge is 0.256 e. The van der Waals surface area contributed by atoms with E-state index in [-0.39, 0.29) is 18.3 Å². The average molecular weight is 386 g/mol. The Labute approximate surface area is 163 Å². The molecule has 0 aliphatic carbocycles. The van der Waals surface area contributed by atoms with E-state index in [1.807, 2.05) is 45.9 Å². The van der Waals surface area contributed by atoms with Gasteiger partial charge in [-0.3, -0.25) is 9.48 Å². The molecule has 1 amide bonds. The fourth-order valence-corrected chi connectivity index (χ4v) is 3.34. The highest BCUT2D eigenvalue weighted by molar-refractivity contribution is 6.31. The topological polar surface area (TPSA) is 46.9 Å². The monoisotopic (exact) mass is 385 g/mol. The Bertz CT molecular complexity index is 1010. The molecule has 2 aromatic carbocycles. The van der Waals surface area contributed by atoms with Gasteiger partial charge in [0.15, 0.2) is 0 Å². The number of hydrogen-bond acceptors (Lipinski definition) is 2. The van der Waals surface area contributed by atoms with Crippen LogP contribution in [-0.2, 0) is 6.54 Å². The summed E-state index contributed by atoms with van der Waals surface area (Å²) in [6.07, 6.45) is 0. The summed E-state index contributed by atoms with van der Waals surface area (Å²) in [4.78, 5) is 12.7. The normalized spacial score (nSPS) is 10.9. The fourth-order valence-electron chi connectivity index (χ4n) is 3.11. The summed E-state index contributed by atoms with van der Waals surface area (Å²) in [7, 11) is 0. The van der Waals surface area contributed by atoms with Crippen LogP contribution in [0.3, 0.4) is 0 Å². The Kier molecular flexibility index (Phi) is 5.33. The van der Waals surface area contributed by atoms with Gasteiger partial charge in [-0.25, -0.2) is 4.39 Å². The van der Waals surface area contributed by atoms with Crippen molar-refractivity contribution in [1.82, 2.24) is 9.78 Å². The maximum atomic E-state index is 14.1. The summed E-state index contributed by atoms with van der Waals surface area (Å²) < 4.78 is 15.7. The minimum Gasteiger partial charge on any atom is -0.319 e. The summed E-state index contributed by atoms with van der Waals surface area (Å²) in [5.41, 5.74) is 5.04. The molecule has 0 bridgehead atoms. The van der Waals surface area contributed by atoms with Crippen LogP contribution < -0.4 is 5.32 Å². The average Bonchev–Trinajstić information content (AvgIpc) is 2.85. The number of carbonyl (C=O) groups excluding carboxylic acids is 1. The van der Waals surface area contributed by atoms with Gasteiger partial charge < -0.3 is 5.32 Å². The van der Waals surface area contributed by atoms with E-state index in [4.69, 9.17) is 11.6 Å². The Morgan fingerprint density at radius 2 is 1.93 bits per heavy atom. The van der Waals surface area contributed by atoms with Gasteiger partial charge in [0, 0.05) is 16.1 Å².